The molecule has 18 heavy (non-hydrogen) atoms. The Balaban J connectivity index is 2.70. The van der Waals surface area contributed by atoms with Gasteiger partial charge in [-0.05, 0) is 13.3 Å². The SMILES string of the molecule is CCCN(C(=O)COCC)C1COCC1C(=O)O. The van der Waals surface area contributed by atoms with E-state index in [4.69, 9.17) is 14.6 Å². The number of nitrogens with zero attached hydrogens (tertiary/aromatic N) is 1. The van der Waals surface area contributed by atoms with Gasteiger partial charge >= 0.3 is 5.97 Å². The van der Waals surface area contributed by atoms with Crippen LogP contribution in [0.2, 0.25) is 0 Å². The van der Waals surface area contributed by atoms with Crippen molar-refractivity contribution in [1.82, 2.24) is 4.90 Å². The first kappa shape index (κ1) is 14.9. The molecule has 6 nitrogen and oxygen atoms in total. The number of carbonyl (C=O) groups is 2. The van der Waals surface area contributed by atoms with Crippen molar-refractivity contribution in [1.29, 1.82) is 0 Å². The van der Waals surface area contributed by atoms with Crippen molar-refractivity contribution < 1.29 is 24.2 Å². The fourth-order valence-electron chi connectivity index (χ4n) is 2.07. The first-order valence-corrected chi connectivity index (χ1v) is 6.29. The van der Waals surface area contributed by atoms with E-state index in [2.05, 4.69) is 0 Å². The van der Waals surface area contributed by atoms with Gasteiger partial charge in [0, 0.05) is 13.2 Å². The summed E-state index contributed by atoms with van der Waals surface area (Å²) in [7, 11) is 0. The number of aliphatic carboxylic acids is 1. The number of ether oxygens (including phenoxy) is 2. The molecule has 1 amide bonds. The summed E-state index contributed by atoms with van der Waals surface area (Å²) in [5.41, 5.74) is 0. The Bertz CT molecular complexity index is 294. The molecule has 2 atom stereocenters. The number of carboxylic acids is 1. The maximum absolute atomic E-state index is 12.0. The number of rotatable bonds is 7. The Morgan fingerprint density at radius 1 is 1.39 bits per heavy atom. The van der Waals surface area contributed by atoms with Crippen molar-refractivity contribution in [2.75, 3.05) is 33.0 Å². The average Bonchev–Trinajstić information content (AvgIpc) is 2.81. The molecule has 104 valence electrons. The van der Waals surface area contributed by atoms with Crippen LogP contribution in [0.1, 0.15) is 20.3 Å². The molecule has 1 saturated heterocycles. The Hall–Kier alpha value is -1.14. The second kappa shape index (κ2) is 7.33. The predicted octanol–water partition coefficient (Wildman–Crippen LogP) is 0.361. The number of carbonyl (C=O) groups excluding carboxylic acids is 1. The van der Waals surface area contributed by atoms with E-state index >= 15 is 0 Å². The number of amides is 1. The monoisotopic (exact) mass is 259 g/mol. The van der Waals surface area contributed by atoms with E-state index < -0.39 is 11.9 Å². The molecule has 1 fully saturated rings. The van der Waals surface area contributed by atoms with E-state index in [0.717, 1.165) is 6.42 Å². The highest BCUT2D eigenvalue weighted by Gasteiger charge is 2.39. The lowest BCUT2D eigenvalue weighted by Crippen LogP contribution is -2.48. The Morgan fingerprint density at radius 3 is 2.67 bits per heavy atom. The molecule has 2 unspecified atom stereocenters. The standard InChI is InChI=1S/C12H21NO5/c1-3-5-13(11(14)8-17-4-2)10-7-18-6-9(10)12(15)16/h9-10H,3-8H2,1-2H3,(H,15,16). The Labute approximate surface area is 107 Å². The summed E-state index contributed by atoms with van der Waals surface area (Å²) in [5.74, 6) is -1.72. The molecule has 6 heteroatoms. The van der Waals surface area contributed by atoms with Crippen LogP contribution in [0.25, 0.3) is 0 Å². The fourth-order valence-corrected chi connectivity index (χ4v) is 2.07. The van der Waals surface area contributed by atoms with Gasteiger partial charge in [-0.15, -0.1) is 0 Å². The normalized spacial score (nSPS) is 23.0. The predicted molar refractivity (Wildman–Crippen MR) is 64.2 cm³/mol. The van der Waals surface area contributed by atoms with Gasteiger partial charge in [-0.3, -0.25) is 9.59 Å². The lowest BCUT2D eigenvalue weighted by molar-refractivity contribution is -0.146. The molecule has 0 spiro atoms. The quantitative estimate of drug-likeness (QED) is 0.714. The molecule has 0 radical (unpaired) electrons. The number of carboxylic acid groups (broad SMARTS) is 1. The summed E-state index contributed by atoms with van der Waals surface area (Å²) in [4.78, 5) is 24.7. The second-order valence-corrected chi connectivity index (χ2v) is 4.27. The minimum absolute atomic E-state index is 0.000656. The van der Waals surface area contributed by atoms with Crippen molar-refractivity contribution in [3.05, 3.63) is 0 Å². The molecule has 0 bridgehead atoms. The third kappa shape index (κ3) is 3.68. The van der Waals surface area contributed by atoms with Crippen LogP contribution >= 0.6 is 0 Å². The zero-order valence-electron chi connectivity index (χ0n) is 10.9. The van der Waals surface area contributed by atoms with Gasteiger partial charge in [0.15, 0.2) is 0 Å². The minimum atomic E-state index is -0.914. The minimum Gasteiger partial charge on any atom is -0.481 e. The van der Waals surface area contributed by atoms with E-state index in [9.17, 15) is 9.59 Å². The highest BCUT2D eigenvalue weighted by Crippen LogP contribution is 2.20. The topological polar surface area (TPSA) is 76.1 Å². The van der Waals surface area contributed by atoms with Crippen molar-refractivity contribution in [2.45, 2.75) is 26.3 Å². The van der Waals surface area contributed by atoms with Crippen LogP contribution in [-0.2, 0) is 19.1 Å². The molecule has 0 aromatic rings. The van der Waals surface area contributed by atoms with Crippen LogP contribution in [0.4, 0.5) is 0 Å². The Morgan fingerprint density at radius 2 is 2.11 bits per heavy atom. The van der Waals surface area contributed by atoms with Gasteiger partial charge in [0.05, 0.1) is 19.3 Å². The molecule has 1 aliphatic rings. The molecule has 1 heterocycles. The van der Waals surface area contributed by atoms with E-state index in [1.165, 1.54) is 0 Å². The maximum atomic E-state index is 12.0. The van der Waals surface area contributed by atoms with Gasteiger partial charge in [0.2, 0.25) is 5.91 Å². The van der Waals surface area contributed by atoms with Gasteiger partial charge in [-0.2, -0.15) is 0 Å². The first-order chi connectivity index (χ1) is 8.61. The highest BCUT2D eigenvalue weighted by atomic mass is 16.5. The van der Waals surface area contributed by atoms with Gasteiger partial charge in [0.1, 0.15) is 12.5 Å². The van der Waals surface area contributed by atoms with E-state index in [1.807, 2.05) is 13.8 Å². The van der Waals surface area contributed by atoms with Crippen molar-refractivity contribution in [3.63, 3.8) is 0 Å². The second-order valence-electron chi connectivity index (χ2n) is 4.27. The lowest BCUT2D eigenvalue weighted by Gasteiger charge is -2.30. The molecule has 0 aliphatic carbocycles. The summed E-state index contributed by atoms with van der Waals surface area (Å²) in [6, 6.07) is -0.379. The van der Waals surface area contributed by atoms with E-state index in [0.29, 0.717) is 13.2 Å². The van der Waals surface area contributed by atoms with Crippen LogP contribution in [0, 0.1) is 5.92 Å². The molecule has 1 rings (SSSR count). The summed E-state index contributed by atoms with van der Waals surface area (Å²) >= 11 is 0. The third-order valence-electron chi connectivity index (χ3n) is 2.98. The molecule has 0 aromatic heterocycles. The van der Waals surface area contributed by atoms with Crippen LogP contribution in [0.5, 0.6) is 0 Å². The van der Waals surface area contributed by atoms with Crippen LogP contribution in [-0.4, -0.2) is 60.9 Å². The number of hydrogen-bond acceptors (Lipinski definition) is 4. The summed E-state index contributed by atoms with van der Waals surface area (Å²) in [5, 5.41) is 9.11. The van der Waals surface area contributed by atoms with Crippen molar-refractivity contribution in [2.24, 2.45) is 5.92 Å². The van der Waals surface area contributed by atoms with Gasteiger partial charge in [-0.1, -0.05) is 6.92 Å². The van der Waals surface area contributed by atoms with Gasteiger partial charge in [0.25, 0.3) is 0 Å². The molecule has 0 aromatic carbocycles. The summed E-state index contributed by atoms with van der Waals surface area (Å²) in [6.45, 7) is 5.22. The van der Waals surface area contributed by atoms with E-state index in [1.54, 1.807) is 4.90 Å². The van der Waals surface area contributed by atoms with Crippen molar-refractivity contribution in [3.8, 4) is 0 Å². The molecule has 1 aliphatic heterocycles. The van der Waals surface area contributed by atoms with Crippen molar-refractivity contribution >= 4 is 11.9 Å². The van der Waals surface area contributed by atoms with Gasteiger partial charge < -0.3 is 19.5 Å². The zero-order valence-corrected chi connectivity index (χ0v) is 10.9. The zero-order chi connectivity index (χ0) is 13.5. The van der Waals surface area contributed by atoms with E-state index in [-0.39, 0.29) is 31.8 Å². The largest absolute Gasteiger partial charge is 0.481 e. The molecular formula is C12H21NO5. The van der Waals surface area contributed by atoms with Crippen LogP contribution in [0.15, 0.2) is 0 Å². The van der Waals surface area contributed by atoms with Crippen LogP contribution < -0.4 is 0 Å². The van der Waals surface area contributed by atoms with Gasteiger partial charge in [-0.25, -0.2) is 0 Å². The molecular weight excluding hydrogens is 238 g/mol. The van der Waals surface area contributed by atoms with Crippen LogP contribution in [0.3, 0.4) is 0 Å². The Kier molecular flexibility index (Phi) is 6.07. The maximum Gasteiger partial charge on any atom is 0.311 e. The molecule has 0 saturated carbocycles. The molecule has 1 N–H and O–H groups in total. The summed E-state index contributed by atoms with van der Waals surface area (Å²) in [6.07, 6.45) is 0.778. The lowest BCUT2D eigenvalue weighted by atomic mass is 10.0. The highest BCUT2D eigenvalue weighted by molar-refractivity contribution is 5.79. The first-order valence-electron chi connectivity index (χ1n) is 6.29. The summed E-state index contributed by atoms with van der Waals surface area (Å²) < 4.78 is 10.3. The number of hydrogen-bond donors (Lipinski definition) is 1. The fraction of sp³-hybridized carbons (Fsp3) is 0.833. The smallest absolute Gasteiger partial charge is 0.311 e. The average molecular weight is 259 g/mol. The third-order valence-corrected chi connectivity index (χ3v) is 2.98.